The maximum atomic E-state index is 14.1. The molecule has 0 fully saturated rings. The number of benzene rings is 2. The van der Waals surface area contributed by atoms with E-state index in [9.17, 15) is 9.18 Å². The Bertz CT molecular complexity index is 1240. The van der Waals surface area contributed by atoms with E-state index in [1.165, 1.54) is 12.1 Å². The number of likely N-dealkylation sites (N-methyl/N-ethyl adjacent to an activating group) is 1. The number of halogens is 1. The van der Waals surface area contributed by atoms with Crippen molar-refractivity contribution < 1.29 is 9.18 Å². The molecule has 0 aliphatic carbocycles. The van der Waals surface area contributed by atoms with E-state index < -0.39 is 11.7 Å². The molecule has 0 aliphatic rings. The number of hydrogen-bond acceptors (Lipinski definition) is 5. The Morgan fingerprint density at radius 2 is 1.97 bits per heavy atom. The molecule has 0 radical (unpaired) electrons. The van der Waals surface area contributed by atoms with E-state index >= 15 is 0 Å². The van der Waals surface area contributed by atoms with Crippen molar-refractivity contribution in [3.63, 3.8) is 0 Å². The second-order valence-electron chi connectivity index (χ2n) is 7.58. The van der Waals surface area contributed by atoms with Gasteiger partial charge in [-0.1, -0.05) is 30.3 Å². The van der Waals surface area contributed by atoms with Crippen LogP contribution >= 0.6 is 0 Å². The largest absolute Gasteiger partial charge is 0.366 e. The van der Waals surface area contributed by atoms with Crippen molar-refractivity contribution in [3.8, 4) is 0 Å². The van der Waals surface area contributed by atoms with Crippen LogP contribution in [0.4, 0.5) is 16.2 Å². The van der Waals surface area contributed by atoms with Gasteiger partial charge in [0.1, 0.15) is 11.6 Å². The molecule has 0 aliphatic heterocycles. The number of hydrogen-bond donors (Lipinski definition) is 4. The smallest absolute Gasteiger partial charge is 0.258 e. The third-order valence-corrected chi connectivity index (χ3v) is 5.12. The standard InChI is InChI=1S/C24H25FN6O/c1-15-10-19-20(11-18(25)12-21(19)29-15)23(32)31-24-28-14-17(8-9-26-2)22(30-24)27-13-16-6-4-3-5-7-16/h3-7,10-12,14,26,29H,8-9,13H2,1-2H3,(H2,27,28,30,31,32). The molecule has 0 bridgehead atoms. The van der Waals surface area contributed by atoms with Crippen LogP contribution < -0.4 is 16.0 Å². The Morgan fingerprint density at radius 3 is 2.75 bits per heavy atom. The maximum Gasteiger partial charge on any atom is 0.258 e. The zero-order valence-corrected chi connectivity index (χ0v) is 18.0. The van der Waals surface area contributed by atoms with E-state index in [1.807, 2.05) is 50.4 Å². The molecule has 0 unspecified atom stereocenters. The van der Waals surface area contributed by atoms with Crippen LogP contribution in [0.1, 0.15) is 27.2 Å². The van der Waals surface area contributed by atoms with Gasteiger partial charge in [-0.05, 0) is 50.7 Å². The molecule has 0 saturated heterocycles. The quantitative estimate of drug-likeness (QED) is 0.337. The van der Waals surface area contributed by atoms with Crippen molar-refractivity contribution in [1.82, 2.24) is 20.3 Å². The van der Waals surface area contributed by atoms with Crippen molar-refractivity contribution >= 4 is 28.6 Å². The number of aromatic nitrogens is 3. The number of H-pyrrole nitrogens is 1. The lowest BCUT2D eigenvalue weighted by Crippen LogP contribution is -2.17. The fraction of sp³-hybridized carbons (Fsp3) is 0.208. The van der Waals surface area contributed by atoms with Crippen molar-refractivity contribution in [3.05, 3.63) is 82.9 Å². The topological polar surface area (TPSA) is 94.7 Å². The van der Waals surface area contributed by atoms with Crippen LogP contribution in [-0.2, 0) is 13.0 Å². The summed E-state index contributed by atoms with van der Waals surface area (Å²) in [6.07, 6.45) is 2.43. The molecule has 7 nitrogen and oxygen atoms in total. The summed E-state index contributed by atoms with van der Waals surface area (Å²) in [4.78, 5) is 24.8. The summed E-state index contributed by atoms with van der Waals surface area (Å²) in [6, 6.07) is 14.4. The lowest BCUT2D eigenvalue weighted by atomic mass is 10.1. The molecule has 4 aromatic rings. The first kappa shape index (κ1) is 21.5. The van der Waals surface area contributed by atoms with E-state index in [4.69, 9.17) is 0 Å². The normalized spacial score (nSPS) is 11.0. The summed E-state index contributed by atoms with van der Waals surface area (Å²) in [5, 5.41) is 9.82. The number of carbonyl (C=O) groups is 1. The molecule has 4 rings (SSSR count). The SMILES string of the molecule is CNCCc1cnc(NC(=O)c2cc(F)cc3[nH]c(C)cc23)nc1NCc1ccccc1. The Kier molecular flexibility index (Phi) is 6.42. The van der Waals surface area contributed by atoms with Gasteiger partial charge in [0.25, 0.3) is 5.91 Å². The third-order valence-electron chi connectivity index (χ3n) is 5.12. The van der Waals surface area contributed by atoms with Crippen molar-refractivity contribution in [1.29, 1.82) is 0 Å². The first-order chi connectivity index (χ1) is 15.5. The van der Waals surface area contributed by atoms with Gasteiger partial charge in [-0.15, -0.1) is 0 Å². The van der Waals surface area contributed by atoms with E-state index in [2.05, 4.69) is 30.9 Å². The minimum absolute atomic E-state index is 0.156. The summed E-state index contributed by atoms with van der Waals surface area (Å²) < 4.78 is 14.1. The number of nitrogens with one attached hydrogen (secondary N) is 4. The molecule has 0 spiro atoms. The monoisotopic (exact) mass is 432 g/mol. The Balaban J connectivity index is 1.58. The van der Waals surface area contributed by atoms with Crippen LogP contribution in [0, 0.1) is 12.7 Å². The molecule has 0 atom stereocenters. The molecule has 8 heteroatoms. The lowest BCUT2D eigenvalue weighted by Gasteiger charge is -2.13. The number of carbonyl (C=O) groups excluding carboxylic acids is 1. The highest BCUT2D eigenvalue weighted by atomic mass is 19.1. The highest BCUT2D eigenvalue weighted by Crippen LogP contribution is 2.23. The highest BCUT2D eigenvalue weighted by molar-refractivity contribution is 6.12. The van der Waals surface area contributed by atoms with Crippen LogP contribution in [0.15, 0.2) is 54.7 Å². The van der Waals surface area contributed by atoms with Gasteiger partial charge in [0, 0.05) is 34.9 Å². The first-order valence-corrected chi connectivity index (χ1v) is 10.4. The average Bonchev–Trinajstić information content (AvgIpc) is 3.16. The Morgan fingerprint density at radius 1 is 1.16 bits per heavy atom. The number of fused-ring (bicyclic) bond motifs is 1. The summed E-state index contributed by atoms with van der Waals surface area (Å²) >= 11 is 0. The average molecular weight is 433 g/mol. The molecular formula is C24H25FN6O. The van der Waals surface area contributed by atoms with Crippen LogP contribution in [0.3, 0.4) is 0 Å². The van der Waals surface area contributed by atoms with Crippen LogP contribution in [-0.4, -0.2) is 34.5 Å². The number of amides is 1. The summed E-state index contributed by atoms with van der Waals surface area (Å²) in [5.41, 5.74) is 3.69. The second-order valence-corrected chi connectivity index (χ2v) is 7.58. The molecule has 32 heavy (non-hydrogen) atoms. The van der Waals surface area contributed by atoms with Crippen LogP contribution in [0.5, 0.6) is 0 Å². The van der Waals surface area contributed by atoms with Crippen LogP contribution in [0.2, 0.25) is 0 Å². The van der Waals surface area contributed by atoms with E-state index in [1.54, 1.807) is 6.20 Å². The number of anilines is 2. The van der Waals surface area contributed by atoms with Crippen molar-refractivity contribution in [2.24, 2.45) is 0 Å². The number of aromatic amines is 1. The number of rotatable bonds is 8. The molecule has 164 valence electrons. The molecule has 4 N–H and O–H groups in total. The van der Waals surface area contributed by atoms with Gasteiger partial charge < -0.3 is 15.6 Å². The first-order valence-electron chi connectivity index (χ1n) is 10.4. The van der Waals surface area contributed by atoms with Gasteiger partial charge in [0.15, 0.2) is 0 Å². The molecule has 1 amide bonds. The molecule has 2 aromatic carbocycles. The fourth-order valence-electron chi connectivity index (χ4n) is 3.54. The fourth-order valence-corrected chi connectivity index (χ4v) is 3.54. The molecule has 0 saturated carbocycles. The van der Waals surface area contributed by atoms with E-state index in [0.29, 0.717) is 23.3 Å². The lowest BCUT2D eigenvalue weighted by molar-refractivity contribution is 0.102. The van der Waals surface area contributed by atoms with Crippen molar-refractivity contribution in [2.45, 2.75) is 19.9 Å². The molecule has 2 heterocycles. The van der Waals surface area contributed by atoms with Gasteiger partial charge in [-0.2, -0.15) is 4.98 Å². The molecule has 2 aromatic heterocycles. The highest BCUT2D eigenvalue weighted by Gasteiger charge is 2.16. The van der Waals surface area contributed by atoms with Crippen LogP contribution in [0.25, 0.3) is 10.9 Å². The minimum Gasteiger partial charge on any atom is -0.366 e. The zero-order chi connectivity index (χ0) is 22.5. The van der Waals surface area contributed by atoms with E-state index in [-0.39, 0.29) is 11.5 Å². The van der Waals surface area contributed by atoms with Crippen molar-refractivity contribution in [2.75, 3.05) is 24.2 Å². The minimum atomic E-state index is -0.488. The van der Waals surface area contributed by atoms with Gasteiger partial charge in [-0.3, -0.25) is 10.1 Å². The maximum absolute atomic E-state index is 14.1. The molecular weight excluding hydrogens is 407 g/mol. The predicted octanol–water partition coefficient (Wildman–Crippen LogP) is 4.03. The van der Waals surface area contributed by atoms with Gasteiger partial charge in [0.2, 0.25) is 5.95 Å². The number of nitrogens with zero attached hydrogens (tertiary/aromatic N) is 2. The van der Waals surface area contributed by atoms with E-state index in [0.717, 1.165) is 29.8 Å². The summed E-state index contributed by atoms with van der Waals surface area (Å²) in [5.74, 6) is -0.150. The predicted molar refractivity (Wildman–Crippen MR) is 124 cm³/mol. The summed E-state index contributed by atoms with van der Waals surface area (Å²) in [7, 11) is 1.88. The Labute approximate surface area is 185 Å². The number of aryl methyl sites for hydroxylation is 1. The van der Waals surface area contributed by atoms with Gasteiger partial charge in [-0.25, -0.2) is 9.37 Å². The van der Waals surface area contributed by atoms with Gasteiger partial charge in [0.05, 0.1) is 5.56 Å². The third kappa shape index (κ3) is 4.92. The second kappa shape index (κ2) is 9.57. The van der Waals surface area contributed by atoms with Gasteiger partial charge >= 0.3 is 0 Å². The zero-order valence-electron chi connectivity index (χ0n) is 18.0. The summed E-state index contributed by atoms with van der Waals surface area (Å²) in [6.45, 7) is 3.21. The Hall–Kier alpha value is -3.78.